The number of aliphatic hydroxyl groups is 1. The molecule has 1 aromatic heterocycles. The molecule has 0 aliphatic carbocycles. The van der Waals surface area contributed by atoms with Crippen LogP contribution in [0.2, 0.25) is 5.02 Å². The number of furan rings is 1. The van der Waals surface area contributed by atoms with Crippen LogP contribution in [0.3, 0.4) is 0 Å². The zero-order valence-electron chi connectivity index (χ0n) is 12.5. The van der Waals surface area contributed by atoms with Crippen molar-refractivity contribution < 1.29 is 14.3 Å². The van der Waals surface area contributed by atoms with Crippen LogP contribution in [0.4, 0.5) is 10.5 Å². The monoisotopic (exact) mass is 322 g/mol. The first-order chi connectivity index (χ1) is 10.5. The first-order valence-corrected chi connectivity index (χ1v) is 7.39. The van der Waals surface area contributed by atoms with Crippen LogP contribution in [0.1, 0.15) is 29.6 Å². The molecule has 3 N–H and O–H groups in total. The van der Waals surface area contributed by atoms with Gasteiger partial charge < -0.3 is 20.2 Å². The highest BCUT2D eigenvalue weighted by molar-refractivity contribution is 6.30. The van der Waals surface area contributed by atoms with Crippen molar-refractivity contribution in [3.63, 3.8) is 0 Å². The molecule has 2 amide bonds. The van der Waals surface area contributed by atoms with E-state index in [0.717, 1.165) is 11.3 Å². The van der Waals surface area contributed by atoms with Crippen molar-refractivity contribution in [1.29, 1.82) is 0 Å². The van der Waals surface area contributed by atoms with E-state index in [-0.39, 0.29) is 6.03 Å². The molecule has 2 aromatic rings. The molecule has 0 saturated heterocycles. The summed E-state index contributed by atoms with van der Waals surface area (Å²) in [5.41, 5.74) is 1.38. The van der Waals surface area contributed by atoms with E-state index in [4.69, 9.17) is 16.0 Å². The number of aliphatic hydroxyl groups excluding tert-OH is 1. The summed E-state index contributed by atoms with van der Waals surface area (Å²) >= 11 is 5.85. The average molecular weight is 323 g/mol. The Bertz CT molecular complexity index is 655. The molecule has 0 spiro atoms. The van der Waals surface area contributed by atoms with Gasteiger partial charge >= 0.3 is 6.03 Å². The Morgan fingerprint density at radius 3 is 2.77 bits per heavy atom. The van der Waals surface area contributed by atoms with Crippen molar-refractivity contribution in [2.24, 2.45) is 0 Å². The average Bonchev–Trinajstić information content (AvgIpc) is 2.77. The largest absolute Gasteiger partial charge is 0.466 e. The lowest BCUT2D eigenvalue weighted by molar-refractivity contribution is 0.165. The maximum atomic E-state index is 11.7. The Labute approximate surface area is 134 Å². The van der Waals surface area contributed by atoms with Crippen LogP contribution in [0.25, 0.3) is 0 Å². The molecule has 22 heavy (non-hydrogen) atoms. The van der Waals surface area contributed by atoms with Gasteiger partial charge in [0.15, 0.2) is 0 Å². The van der Waals surface area contributed by atoms with E-state index < -0.39 is 6.10 Å². The molecule has 0 fully saturated rings. The van der Waals surface area contributed by atoms with Crippen molar-refractivity contribution in [3.05, 3.63) is 52.4 Å². The molecule has 1 heterocycles. The molecule has 118 valence electrons. The number of halogens is 1. The Kier molecular flexibility index (Phi) is 5.46. The minimum Gasteiger partial charge on any atom is -0.466 e. The van der Waals surface area contributed by atoms with E-state index in [1.54, 1.807) is 24.3 Å². The molecule has 0 saturated carbocycles. The topological polar surface area (TPSA) is 74.5 Å². The number of nitrogens with one attached hydrogen (secondary N) is 2. The molecule has 0 aliphatic rings. The van der Waals surface area contributed by atoms with Crippen molar-refractivity contribution in [3.8, 4) is 0 Å². The lowest BCUT2D eigenvalue weighted by Crippen LogP contribution is -2.30. The van der Waals surface area contributed by atoms with Crippen LogP contribution in [0.5, 0.6) is 0 Å². The molecule has 0 radical (unpaired) electrons. The van der Waals surface area contributed by atoms with Gasteiger partial charge in [0.2, 0.25) is 0 Å². The SMILES string of the molecule is Cc1cc(C(O)CCNC(=O)Nc2cccc(Cl)c2)c(C)o1. The summed E-state index contributed by atoms with van der Waals surface area (Å²) in [6, 6.07) is 8.37. The van der Waals surface area contributed by atoms with Crippen molar-refractivity contribution in [2.75, 3.05) is 11.9 Å². The first kappa shape index (κ1) is 16.4. The number of carbonyl (C=O) groups is 1. The van der Waals surface area contributed by atoms with Crippen molar-refractivity contribution in [2.45, 2.75) is 26.4 Å². The minimum absolute atomic E-state index is 0.338. The van der Waals surface area contributed by atoms with E-state index in [0.29, 0.717) is 29.4 Å². The molecule has 1 atom stereocenters. The summed E-state index contributed by atoms with van der Waals surface area (Å²) in [7, 11) is 0. The third kappa shape index (κ3) is 4.51. The smallest absolute Gasteiger partial charge is 0.319 e. The lowest BCUT2D eigenvalue weighted by Gasteiger charge is -2.11. The van der Waals surface area contributed by atoms with Gasteiger partial charge in [0.1, 0.15) is 11.5 Å². The summed E-state index contributed by atoms with van der Waals surface area (Å²) in [6.07, 6.45) is -0.258. The minimum atomic E-state index is -0.663. The maximum Gasteiger partial charge on any atom is 0.319 e. The van der Waals surface area contributed by atoms with Gasteiger partial charge in [-0.15, -0.1) is 0 Å². The van der Waals surface area contributed by atoms with Gasteiger partial charge in [-0.2, -0.15) is 0 Å². The summed E-state index contributed by atoms with van der Waals surface area (Å²) in [5, 5.41) is 16.0. The van der Waals surface area contributed by atoms with Gasteiger partial charge in [0, 0.05) is 22.8 Å². The summed E-state index contributed by atoms with van der Waals surface area (Å²) in [6.45, 7) is 3.99. The molecule has 6 heteroatoms. The Balaban J connectivity index is 1.78. The third-order valence-electron chi connectivity index (χ3n) is 3.22. The number of anilines is 1. The van der Waals surface area contributed by atoms with Gasteiger partial charge in [0.25, 0.3) is 0 Å². The van der Waals surface area contributed by atoms with Crippen molar-refractivity contribution in [1.82, 2.24) is 5.32 Å². The predicted molar refractivity (Wildman–Crippen MR) is 86.2 cm³/mol. The number of urea groups is 1. The van der Waals surface area contributed by atoms with Gasteiger partial charge in [-0.25, -0.2) is 4.79 Å². The number of amides is 2. The number of benzene rings is 1. The van der Waals surface area contributed by atoms with E-state index in [1.807, 2.05) is 19.9 Å². The zero-order valence-corrected chi connectivity index (χ0v) is 13.3. The van der Waals surface area contributed by atoms with E-state index in [2.05, 4.69) is 10.6 Å². The Morgan fingerprint density at radius 1 is 1.36 bits per heavy atom. The maximum absolute atomic E-state index is 11.7. The number of hydrogen-bond donors (Lipinski definition) is 3. The summed E-state index contributed by atoms with van der Waals surface area (Å²) in [5.74, 6) is 1.46. The first-order valence-electron chi connectivity index (χ1n) is 7.01. The number of rotatable bonds is 5. The van der Waals surface area contributed by atoms with Crippen LogP contribution in [0.15, 0.2) is 34.7 Å². The summed E-state index contributed by atoms with van der Waals surface area (Å²) < 4.78 is 5.38. The normalized spacial score (nSPS) is 12.0. The second-order valence-electron chi connectivity index (χ2n) is 5.06. The van der Waals surface area contributed by atoms with E-state index in [1.165, 1.54) is 0 Å². The van der Waals surface area contributed by atoms with E-state index in [9.17, 15) is 9.90 Å². The predicted octanol–water partition coefficient (Wildman–Crippen LogP) is 3.80. The van der Waals surface area contributed by atoms with Crippen LogP contribution >= 0.6 is 11.6 Å². The number of hydrogen-bond acceptors (Lipinski definition) is 3. The Hall–Kier alpha value is -1.98. The molecule has 5 nitrogen and oxygen atoms in total. The fourth-order valence-electron chi connectivity index (χ4n) is 2.20. The van der Waals surface area contributed by atoms with Crippen molar-refractivity contribution >= 4 is 23.3 Å². The fraction of sp³-hybridized carbons (Fsp3) is 0.312. The van der Waals surface area contributed by atoms with Crippen LogP contribution < -0.4 is 10.6 Å². The Morgan fingerprint density at radius 2 is 2.14 bits per heavy atom. The molecule has 0 bridgehead atoms. The molecule has 1 unspecified atom stereocenters. The lowest BCUT2D eigenvalue weighted by atomic mass is 10.1. The molecule has 1 aromatic carbocycles. The van der Waals surface area contributed by atoms with Crippen LogP contribution in [-0.4, -0.2) is 17.7 Å². The second-order valence-corrected chi connectivity index (χ2v) is 5.50. The molecule has 0 aliphatic heterocycles. The second kappa shape index (κ2) is 7.33. The fourth-order valence-corrected chi connectivity index (χ4v) is 2.39. The van der Waals surface area contributed by atoms with Gasteiger partial charge in [-0.3, -0.25) is 0 Å². The highest BCUT2D eigenvalue weighted by atomic mass is 35.5. The van der Waals surface area contributed by atoms with Gasteiger partial charge in [0.05, 0.1) is 6.10 Å². The highest BCUT2D eigenvalue weighted by Crippen LogP contribution is 2.23. The van der Waals surface area contributed by atoms with Crippen LogP contribution in [0, 0.1) is 13.8 Å². The standard InChI is InChI=1S/C16H19ClN2O3/c1-10-8-14(11(2)22-10)15(20)6-7-18-16(21)19-13-5-3-4-12(17)9-13/h3-5,8-9,15,20H,6-7H2,1-2H3,(H2,18,19,21). The number of aryl methyl sites for hydroxylation is 2. The van der Waals surface area contributed by atoms with Gasteiger partial charge in [-0.05, 0) is 44.5 Å². The highest BCUT2D eigenvalue weighted by Gasteiger charge is 2.14. The third-order valence-corrected chi connectivity index (χ3v) is 3.46. The summed E-state index contributed by atoms with van der Waals surface area (Å²) in [4.78, 5) is 11.7. The van der Waals surface area contributed by atoms with E-state index >= 15 is 0 Å². The quantitative estimate of drug-likeness (QED) is 0.784. The molecular formula is C16H19ClN2O3. The van der Waals surface area contributed by atoms with Gasteiger partial charge in [-0.1, -0.05) is 17.7 Å². The molecular weight excluding hydrogens is 304 g/mol. The number of carbonyl (C=O) groups excluding carboxylic acids is 1. The zero-order chi connectivity index (χ0) is 16.1. The molecule has 2 rings (SSSR count). The van der Waals surface area contributed by atoms with Crippen LogP contribution in [-0.2, 0) is 0 Å².